The van der Waals surface area contributed by atoms with Crippen molar-refractivity contribution in [2.24, 2.45) is 0 Å². The molecule has 0 spiro atoms. The molecule has 0 fully saturated rings. The van der Waals surface area contributed by atoms with Crippen LogP contribution >= 0.6 is 0 Å². The summed E-state index contributed by atoms with van der Waals surface area (Å²) in [6.07, 6.45) is 2.94. The molecule has 0 aromatic heterocycles. The highest BCUT2D eigenvalue weighted by atomic mass is 16.3. The lowest BCUT2D eigenvalue weighted by atomic mass is 9.93. The first kappa shape index (κ1) is 12.6. The number of nitrogens with zero attached hydrogens (tertiary/aromatic N) is 1. The van der Waals surface area contributed by atoms with E-state index in [0.29, 0.717) is 0 Å². The highest BCUT2D eigenvalue weighted by Crippen LogP contribution is 2.21. The van der Waals surface area contributed by atoms with Crippen LogP contribution in [0.15, 0.2) is 18.2 Å². The fourth-order valence-corrected chi connectivity index (χ4v) is 2.36. The van der Waals surface area contributed by atoms with Crippen LogP contribution in [0.4, 0.5) is 0 Å². The molecule has 1 aliphatic rings. The Kier molecular flexibility index (Phi) is 3.55. The minimum atomic E-state index is -0.563. The molecular weight excluding hydrogens is 210 g/mol. The largest absolute Gasteiger partial charge is 0.390 e. The van der Waals surface area contributed by atoms with Crippen molar-refractivity contribution in [2.75, 3.05) is 13.6 Å². The summed E-state index contributed by atoms with van der Waals surface area (Å²) in [5.74, 6) is 0. The summed E-state index contributed by atoms with van der Waals surface area (Å²) in [6.45, 7) is 5.97. The van der Waals surface area contributed by atoms with Crippen LogP contribution in [-0.2, 0) is 19.4 Å². The summed E-state index contributed by atoms with van der Waals surface area (Å²) in [7, 11) is 2.17. The van der Waals surface area contributed by atoms with E-state index in [1.54, 1.807) is 0 Å². The number of likely N-dealkylation sites (N-methyl/N-ethyl adjacent to an activating group) is 1. The van der Waals surface area contributed by atoms with Gasteiger partial charge >= 0.3 is 0 Å². The Morgan fingerprint density at radius 1 is 1.29 bits per heavy atom. The zero-order chi connectivity index (χ0) is 12.5. The standard InChI is InChI=1S/C15H23NO/c1-15(2,17)8-6-12-4-5-13-7-9-16(3)11-14(13)10-12/h4-5,10,17H,6-9,11H2,1-3H3. The zero-order valence-electron chi connectivity index (χ0n) is 11.2. The third kappa shape index (κ3) is 3.55. The fraction of sp³-hybridized carbons (Fsp3) is 0.600. The van der Waals surface area contributed by atoms with Crippen molar-refractivity contribution in [3.63, 3.8) is 0 Å². The van der Waals surface area contributed by atoms with E-state index in [1.807, 2.05) is 13.8 Å². The molecule has 1 aromatic carbocycles. The molecule has 2 rings (SSSR count). The van der Waals surface area contributed by atoms with Crippen LogP contribution in [0, 0.1) is 0 Å². The Bertz CT molecular complexity index is 392. The van der Waals surface area contributed by atoms with Crippen LogP contribution in [0.25, 0.3) is 0 Å². The molecule has 0 amide bonds. The maximum atomic E-state index is 9.75. The van der Waals surface area contributed by atoms with Crippen LogP contribution < -0.4 is 0 Å². The molecule has 1 heterocycles. The van der Waals surface area contributed by atoms with Crippen LogP contribution in [0.1, 0.15) is 37.0 Å². The van der Waals surface area contributed by atoms with Crippen molar-refractivity contribution in [3.8, 4) is 0 Å². The summed E-state index contributed by atoms with van der Waals surface area (Å²) in [4.78, 5) is 2.36. The molecule has 1 aromatic rings. The first-order chi connectivity index (χ1) is 7.94. The number of hydrogen-bond acceptors (Lipinski definition) is 2. The molecule has 0 saturated carbocycles. The van der Waals surface area contributed by atoms with E-state index in [4.69, 9.17) is 0 Å². The van der Waals surface area contributed by atoms with Crippen molar-refractivity contribution < 1.29 is 5.11 Å². The third-order valence-electron chi connectivity index (χ3n) is 3.50. The summed E-state index contributed by atoms with van der Waals surface area (Å²) in [5, 5.41) is 9.75. The van der Waals surface area contributed by atoms with Crippen LogP contribution in [0.2, 0.25) is 0 Å². The van der Waals surface area contributed by atoms with Gasteiger partial charge in [-0.3, -0.25) is 0 Å². The van der Waals surface area contributed by atoms with Gasteiger partial charge in [0.05, 0.1) is 5.60 Å². The van der Waals surface area contributed by atoms with Gasteiger partial charge in [0.15, 0.2) is 0 Å². The summed E-state index contributed by atoms with van der Waals surface area (Å²) < 4.78 is 0. The summed E-state index contributed by atoms with van der Waals surface area (Å²) in [5.41, 5.74) is 3.75. The second kappa shape index (κ2) is 4.79. The van der Waals surface area contributed by atoms with Crippen molar-refractivity contribution in [3.05, 3.63) is 34.9 Å². The molecule has 0 radical (unpaired) electrons. The number of aryl methyl sites for hydroxylation is 1. The van der Waals surface area contributed by atoms with Gasteiger partial charge in [0.25, 0.3) is 0 Å². The summed E-state index contributed by atoms with van der Waals surface area (Å²) >= 11 is 0. The molecule has 0 aliphatic carbocycles. The lowest BCUT2D eigenvalue weighted by Crippen LogP contribution is -2.26. The van der Waals surface area contributed by atoms with E-state index in [0.717, 1.165) is 32.4 Å². The minimum absolute atomic E-state index is 0.563. The Hall–Kier alpha value is -0.860. The lowest BCUT2D eigenvalue weighted by molar-refractivity contribution is 0.0714. The summed E-state index contributed by atoms with van der Waals surface area (Å²) in [6, 6.07) is 6.80. The Morgan fingerprint density at radius 2 is 2.06 bits per heavy atom. The first-order valence-electron chi connectivity index (χ1n) is 6.46. The Balaban J connectivity index is 2.08. The number of hydrogen-bond donors (Lipinski definition) is 1. The number of benzene rings is 1. The smallest absolute Gasteiger partial charge is 0.0594 e. The molecule has 2 nitrogen and oxygen atoms in total. The molecule has 94 valence electrons. The third-order valence-corrected chi connectivity index (χ3v) is 3.50. The van der Waals surface area contributed by atoms with Gasteiger partial charge in [-0.15, -0.1) is 0 Å². The highest BCUT2D eigenvalue weighted by molar-refractivity contribution is 5.33. The minimum Gasteiger partial charge on any atom is -0.390 e. The molecule has 0 atom stereocenters. The molecule has 1 N–H and O–H groups in total. The van der Waals surface area contributed by atoms with Gasteiger partial charge in [0.2, 0.25) is 0 Å². The molecule has 0 unspecified atom stereocenters. The second-order valence-corrected chi connectivity index (χ2v) is 5.90. The molecule has 1 aliphatic heterocycles. The predicted octanol–water partition coefficient (Wildman–Crippen LogP) is 2.38. The quantitative estimate of drug-likeness (QED) is 0.866. The Morgan fingerprint density at radius 3 is 2.76 bits per heavy atom. The molecule has 0 bridgehead atoms. The van der Waals surface area contributed by atoms with E-state index in [-0.39, 0.29) is 0 Å². The van der Waals surface area contributed by atoms with E-state index >= 15 is 0 Å². The topological polar surface area (TPSA) is 23.5 Å². The van der Waals surface area contributed by atoms with Gasteiger partial charge < -0.3 is 10.0 Å². The van der Waals surface area contributed by atoms with Gasteiger partial charge in [0.1, 0.15) is 0 Å². The van der Waals surface area contributed by atoms with Gasteiger partial charge in [-0.05, 0) is 56.8 Å². The molecule has 0 saturated heterocycles. The van der Waals surface area contributed by atoms with E-state index in [1.165, 1.54) is 16.7 Å². The molecular formula is C15H23NO. The van der Waals surface area contributed by atoms with Crippen LogP contribution in [-0.4, -0.2) is 29.2 Å². The van der Waals surface area contributed by atoms with Crippen LogP contribution in [0.3, 0.4) is 0 Å². The van der Waals surface area contributed by atoms with Crippen molar-refractivity contribution in [2.45, 2.75) is 45.3 Å². The lowest BCUT2D eigenvalue weighted by Gasteiger charge is -2.25. The maximum absolute atomic E-state index is 9.75. The van der Waals surface area contributed by atoms with E-state index in [2.05, 4.69) is 30.1 Å². The first-order valence-corrected chi connectivity index (χ1v) is 6.46. The monoisotopic (exact) mass is 233 g/mol. The normalized spacial score (nSPS) is 16.9. The molecule has 17 heavy (non-hydrogen) atoms. The van der Waals surface area contributed by atoms with Crippen LogP contribution in [0.5, 0.6) is 0 Å². The molecule has 2 heteroatoms. The van der Waals surface area contributed by atoms with Gasteiger partial charge in [-0.25, -0.2) is 0 Å². The number of aliphatic hydroxyl groups is 1. The average molecular weight is 233 g/mol. The highest BCUT2D eigenvalue weighted by Gasteiger charge is 2.15. The zero-order valence-corrected chi connectivity index (χ0v) is 11.2. The second-order valence-electron chi connectivity index (χ2n) is 5.90. The average Bonchev–Trinajstić information content (AvgIpc) is 2.24. The number of rotatable bonds is 3. The fourth-order valence-electron chi connectivity index (χ4n) is 2.36. The van der Waals surface area contributed by atoms with Crippen molar-refractivity contribution >= 4 is 0 Å². The van der Waals surface area contributed by atoms with E-state index in [9.17, 15) is 5.11 Å². The van der Waals surface area contributed by atoms with Gasteiger partial charge in [-0.2, -0.15) is 0 Å². The van der Waals surface area contributed by atoms with Gasteiger partial charge in [-0.1, -0.05) is 18.2 Å². The predicted molar refractivity (Wildman–Crippen MR) is 71.1 cm³/mol. The van der Waals surface area contributed by atoms with Gasteiger partial charge in [0, 0.05) is 13.1 Å². The van der Waals surface area contributed by atoms with Crippen molar-refractivity contribution in [1.82, 2.24) is 4.90 Å². The van der Waals surface area contributed by atoms with E-state index < -0.39 is 5.60 Å². The van der Waals surface area contributed by atoms with Crippen molar-refractivity contribution in [1.29, 1.82) is 0 Å². The SMILES string of the molecule is CN1CCc2ccc(CCC(C)(C)O)cc2C1. The number of fused-ring (bicyclic) bond motifs is 1. The Labute approximate surface area is 104 Å². The maximum Gasteiger partial charge on any atom is 0.0594 e.